The van der Waals surface area contributed by atoms with Gasteiger partial charge in [-0.15, -0.1) is 0 Å². The predicted molar refractivity (Wildman–Crippen MR) is 54.1 cm³/mol. The van der Waals surface area contributed by atoms with Gasteiger partial charge in [-0.2, -0.15) is 5.26 Å². The maximum absolute atomic E-state index is 9.67. The number of benzene rings is 1. The number of rotatable bonds is 1. The summed E-state index contributed by atoms with van der Waals surface area (Å²) in [6, 6.07) is 5.77. The van der Waals surface area contributed by atoms with Crippen LogP contribution < -0.4 is 0 Å². The summed E-state index contributed by atoms with van der Waals surface area (Å²) in [5, 5.41) is 18.3. The monoisotopic (exact) mass is 187 g/mol. The lowest BCUT2D eigenvalue weighted by Gasteiger charge is -2.19. The molecule has 0 heterocycles. The molecule has 1 aliphatic carbocycles. The third kappa shape index (κ3) is 1.46. The van der Waals surface area contributed by atoms with Crippen molar-refractivity contribution in [2.75, 3.05) is 0 Å². The second-order valence-corrected chi connectivity index (χ2v) is 3.74. The Balaban J connectivity index is 2.49. The summed E-state index contributed by atoms with van der Waals surface area (Å²) < 4.78 is 0. The highest BCUT2D eigenvalue weighted by Gasteiger charge is 2.16. The zero-order chi connectivity index (χ0) is 9.97. The molecule has 1 aliphatic rings. The van der Waals surface area contributed by atoms with Gasteiger partial charge in [0.2, 0.25) is 0 Å². The topological polar surface area (TPSA) is 44.0 Å². The fourth-order valence-corrected chi connectivity index (χ4v) is 2.17. The highest BCUT2D eigenvalue weighted by molar-refractivity contribution is 5.46. The van der Waals surface area contributed by atoms with Gasteiger partial charge < -0.3 is 5.11 Å². The summed E-state index contributed by atoms with van der Waals surface area (Å²) in [5.41, 5.74) is 3.39. The van der Waals surface area contributed by atoms with Crippen molar-refractivity contribution in [1.29, 1.82) is 5.26 Å². The molecule has 0 aliphatic heterocycles. The first-order valence-electron chi connectivity index (χ1n) is 5.02. The highest BCUT2D eigenvalue weighted by Crippen LogP contribution is 2.31. The molecule has 0 amide bonds. The van der Waals surface area contributed by atoms with Gasteiger partial charge in [-0.25, -0.2) is 0 Å². The van der Waals surface area contributed by atoms with Gasteiger partial charge in [0.1, 0.15) is 5.75 Å². The van der Waals surface area contributed by atoms with Crippen LogP contribution in [0.1, 0.15) is 29.5 Å². The lowest BCUT2D eigenvalue weighted by atomic mass is 9.87. The van der Waals surface area contributed by atoms with Crippen LogP contribution in [0.4, 0.5) is 0 Å². The number of nitriles is 1. The third-order valence-corrected chi connectivity index (χ3v) is 2.88. The van der Waals surface area contributed by atoms with Crippen molar-refractivity contribution in [2.45, 2.75) is 32.1 Å². The second kappa shape index (κ2) is 3.71. The van der Waals surface area contributed by atoms with E-state index in [0.29, 0.717) is 12.2 Å². The van der Waals surface area contributed by atoms with Crippen molar-refractivity contribution < 1.29 is 5.11 Å². The summed E-state index contributed by atoms with van der Waals surface area (Å²) in [7, 11) is 0. The Kier molecular flexibility index (Phi) is 2.41. The first-order chi connectivity index (χ1) is 6.83. The van der Waals surface area contributed by atoms with Crippen molar-refractivity contribution in [3.8, 4) is 11.8 Å². The van der Waals surface area contributed by atoms with Crippen molar-refractivity contribution in [1.82, 2.24) is 0 Å². The number of hydrogen-bond acceptors (Lipinski definition) is 2. The largest absolute Gasteiger partial charge is 0.508 e. The molecule has 14 heavy (non-hydrogen) atoms. The summed E-state index contributed by atoms with van der Waals surface area (Å²) in [4.78, 5) is 0. The Morgan fingerprint density at radius 3 is 2.64 bits per heavy atom. The van der Waals surface area contributed by atoms with Crippen LogP contribution in [-0.4, -0.2) is 5.11 Å². The zero-order valence-electron chi connectivity index (χ0n) is 8.08. The van der Waals surface area contributed by atoms with Crippen LogP contribution in [0.25, 0.3) is 0 Å². The molecule has 2 heteroatoms. The Morgan fingerprint density at radius 2 is 1.93 bits per heavy atom. The van der Waals surface area contributed by atoms with Crippen molar-refractivity contribution >= 4 is 0 Å². The molecule has 0 fully saturated rings. The molecule has 0 saturated carbocycles. The van der Waals surface area contributed by atoms with E-state index in [-0.39, 0.29) is 0 Å². The van der Waals surface area contributed by atoms with E-state index in [1.54, 1.807) is 6.07 Å². The standard InChI is InChI=1S/C12H13NO/c13-8-7-9-5-6-12(14)11-4-2-1-3-10(9)11/h5-6,14H,1-4,7H2. The van der Waals surface area contributed by atoms with Gasteiger partial charge in [0.25, 0.3) is 0 Å². The van der Waals surface area contributed by atoms with Crippen LogP contribution in [0.5, 0.6) is 5.75 Å². The van der Waals surface area contributed by atoms with Gasteiger partial charge in [0.15, 0.2) is 0 Å². The molecule has 1 aromatic carbocycles. The first kappa shape index (κ1) is 9.08. The van der Waals surface area contributed by atoms with Gasteiger partial charge in [0, 0.05) is 0 Å². The van der Waals surface area contributed by atoms with E-state index in [9.17, 15) is 5.11 Å². The minimum atomic E-state index is 0.404. The fourth-order valence-electron chi connectivity index (χ4n) is 2.17. The summed E-state index contributed by atoms with van der Waals surface area (Å²) >= 11 is 0. The van der Waals surface area contributed by atoms with E-state index in [1.807, 2.05) is 6.07 Å². The Labute approximate surface area is 83.8 Å². The molecule has 0 aromatic heterocycles. The minimum absolute atomic E-state index is 0.404. The lowest BCUT2D eigenvalue weighted by Crippen LogP contribution is -2.06. The molecule has 2 rings (SSSR count). The van der Waals surface area contributed by atoms with Gasteiger partial charge in [-0.1, -0.05) is 6.07 Å². The van der Waals surface area contributed by atoms with E-state index in [2.05, 4.69) is 6.07 Å². The van der Waals surface area contributed by atoms with Crippen LogP contribution in [0, 0.1) is 11.3 Å². The second-order valence-electron chi connectivity index (χ2n) is 3.74. The molecule has 1 aromatic rings. The maximum Gasteiger partial charge on any atom is 0.119 e. The van der Waals surface area contributed by atoms with Crippen molar-refractivity contribution in [3.05, 3.63) is 28.8 Å². The minimum Gasteiger partial charge on any atom is -0.508 e. The number of phenols is 1. The summed E-state index contributed by atoms with van der Waals surface area (Å²) in [6.07, 6.45) is 4.76. The van der Waals surface area contributed by atoms with E-state index < -0.39 is 0 Å². The predicted octanol–water partition coefficient (Wildman–Crippen LogP) is 2.34. The molecule has 0 saturated heterocycles. The molecular weight excluding hydrogens is 174 g/mol. The van der Waals surface area contributed by atoms with Crippen molar-refractivity contribution in [2.24, 2.45) is 0 Å². The lowest BCUT2D eigenvalue weighted by molar-refractivity contribution is 0.461. The fraction of sp³-hybridized carbons (Fsp3) is 0.417. The smallest absolute Gasteiger partial charge is 0.119 e. The number of fused-ring (bicyclic) bond motifs is 1. The van der Waals surface area contributed by atoms with Crippen LogP contribution in [0.15, 0.2) is 12.1 Å². The molecule has 0 radical (unpaired) electrons. The molecule has 0 spiro atoms. The van der Waals surface area contributed by atoms with E-state index >= 15 is 0 Å². The number of aromatic hydroxyl groups is 1. The SMILES string of the molecule is N#CCc1ccc(O)c2c1CCCC2. The quantitative estimate of drug-likeness (QED) is 0.733. The Morgan fingerprint density at radius 1 is 1.21 bits per heavy atom. The maximum atomic E-state index is 9.67. The summed E-state index contributed by atoms with van der Waals surface area (Å²) in [6.45, 7) is 0. The average Bonchev–Trinajstić information content (AvgIpc) is 2.23. The molecule has 2 nitrogen and oxygen atoms in total. The average molecular weight is 187 g/mol. The van der Waals surface area contributed by atoms with E-state index in [4.69, 9.17) is 5.26 Å². The number of nitrogens with zero attached hydrogens (tertiary/aromatic N) is 1. The molecule has 0 atom stereocenters. The van der Waals surface area contributed by atoms with Gasteiger partial charge in [0.05, 0.1) is 12.5 Å². The molecule has 1 N–H and O–H groups in total. The van der Waals surface area contributed by atoms with Crippen LogP contribution >= 0.6 is 0 Å². The zero-order valence-corrected chi connectivity index (χ0v) is 8.08. The van der Waals surface area contributed by atoms with Gasteiger partial charge in [-0.05, 0) is 48.4 Å². The first-order valence-corrected chi connectivity index (χ1v) is 5.02. The molecule has 0 unspecified atom stereocenters. The van der Waals surface area contributed by atoms with Crippen LogP contribution in [-0.2, 0) is 19.3 Å². The normalized spacial score (nSPS) is 14.5. The number of hydrogen-bond donors (Lipinski definition) is 1. The Bertz CT molecular complexity index is 390. The molecular formula is C12H13NO. The van der Waals surface area contributed by atoms with Crippen molar-refractivity contribution in [3.63, 3.8) is 0 Å². The van der Waals surface area contributed by atoms with Gasteiger partial charge >= 0.3 is 0 Å². The van der Waals surface area contributed by atoms with E-state index in [0.717, 1.165) is 30.4 Å². The third-order valence-electron chi connectivity index (χ3n) is 2.88. The van der Waals surface area contributed by atoms with E-state index in [1.165, 1.54) is 12.0 Å². The molecule has 0 bridgehead atoms. The Hall–Kier alpha value is -1.49. The highest BCUT2D eigenvalue weighted by atomic mass is 16.3. The van der Waals surface area contributed by atoms with Crippen LogP contribution in [0.3, 0.4) is 0 Å². The van der Waals surface area contributed by atoms with Gasteiger partial charge in [-0.3, -0.25) is 0 Å². The molecule has 72 valence electrons. The van der Waals surface area contributed by atoms with Crippen LogP contribution in [0.2, 0.25) is 0 Å². The summed E-state index contributed by atoms with van der Waals surface area (Å²) in [5.74, 6) is 0.404. The number of phenolic OH excluding ortho intramolecular Hbond substituents is 1.